The number of rotatable bonds is 1. The highest BCUT2D eigenvalue weighted by Crippen LogP contribution is 2.39. The summed E-state index contributed by atoms with van der Waals surface area (Å²) in [6.45, 7) is 6.74. The minimum absolute atomic E-state index is 0.107. The number of methoxy groups -OCH3 is 1. The Balaban J connectivity index is 1.50. The highest BCUT2D eigenvalue weighted by Gasteiger charge is 2.17. The fraction of sp³-hybridized carbons (Fsp3) is 0.161. The van der Waals surface area contributed by atoms with Gasteiger partial charge in [0.1, 0.15) is 28.1 Å². The molecule has 7 aromatic rings. The summed E-state index contributed by atoms with van der Waals surface area (Å²) in [5.74, 6) is 0.848. The maximum Gasteiger partial charge on any atom is 0.136 e. The highest BCUT2D eigenvalue weighted by molar-refractivity contribution is 6.18. The predicted molar refractivity (Wildman–Crippen MR) is 141 cm³/mol. The molecule has 0 unspecified atom stereocenters. The molecule has 0 aliphatic carbocycles. The molecule has 0 radical (unpaired) electrons. The number of furan rings is 2. The van der Waals surface area contributed by atoms with Crippen LogP contribution in [0.4, 0.5) is 0 Å². The van der Waals surface area contributed by atoms with E-state index < -0.39 is 0 Å². The first-order chi connectivity index (χ1) is 16.4. The highest BCUT2D eigenvalue weighted by atomic mass is 16.5. The molecule has 0 amide bonds. The van der Waals surface area contributed by atoms with Gasteiger partial charge in [-0.15, -0.1) is 0 Å². The monoisotopic (exact) mass is 444 g/mol. The van der Waals surface area contributed by atoms with Crippen LogP contribution in [0.15, 0.2) is 81.6 Å². The molecule has 0 saturated heterocycles. The van der Waals surface area contributed by atoms with E-state index in [0.717, 1.165) is 60.4 Å². The standard InChI is InChI=1S/C31H24O3/c1-31(2,3)21-7-5-17-13-27-23(11-19(17)9-21)25-15-30-26(16-29(25)33-27)24-12-20-10-22(32-4)8-6-18(20)14-28(24)34-30/h5-16H,1-4H3. The Labute approximate surface area is 196 Å². The van der Waals surface area contributed by atoms with Crippen molar-refractivity contribution in [2.24, 2.45) is 0 Å². The molecular weight excluding hydrogens is 420 g/mol. The largest absolute Gasteiger partial charge is 0.497 e. The third-order valence-electron chi connectivity index (χ3n) is 7.05. The fourth-order valence-electron chi connectivity index (χ4n) is 5.10. The van der Waals surface area contributed by atoms with Gasteiger partial charge in [-0.1, -0.05) is 45.0 Å². The van der Waals surface area contributed by atoms with Crippen molar-refractivity contribution in [1.82, 2.24) is 0 Å². The minimum atomic E-state index is 0.107. The number of fused-ring (bicyclic) bond motifs is 8. The number of hydrogen-bond donors (Lipinski definition) is 0. The second-order valence-electron chi connectivity index (χ2n) is 10.3. The Kier molecular flexibility index (Phi) is 3.75. The van der Waals surface area contributed by atoms with Gasteiger partial charge in [-0.05, 0) is 81.1 Å². The summed E-state index contributed by atoms with van der Waals surface area (Å²) in [4.78, 5) is 0. The lowest BCUT2D eigenvalue weighted by atomic mass is 9.86. The predicted octanol–water partition coefficient (Wildman–Crippen LogP) is 9.10. The third-order valence-corrected chi connectivity index (χ3v) is 7.05. The third kappa shape index (κ3) is 2.76. The van der Waals surface area contributed by atoms with E-state index in [0.29, 0.717) is 0 Å². The van der Waals surface area contributed by atoms with E-state index in [1.54, 1.807) is 7.11 Å². The van der Waals surface area contributed by atoms with Crippen LogP contribution in [0.5, 0.6) is 5.75 Å². The quantitative estimate of drug-likeness (QED) is 0.253. The van der Waals surface area contributed by atoms with Crippen LogP contribution in [0.25, 0.3) is 65.4 Å². The van der Waals surface area contributed by atoms with Crippen molar-refractivity contribution in [3.63, 3.8) is 0 Å². The SMILES string of the molecule is COc1ccc2cc3oc4cc5c(cc4c3cc2c1)oc1cc2ccc(C(C)(C)C)cc2cc15. The van der Waals surface area contributed by atoms with Gasteiger partial charge in [-0.2, -0.15) is 0 Å². The molecule has 0 spiro atoms. The van der Waals surface area contributed by atoms with Crippen molar-refractivity contribution in [1.29, 1.82) is 0 Å². The molecule has 7 rings (SSSR count). The van der Waals surface area contributed by atoms with E-state index in [1.165, 1.54) is 16.3 Å². The molecule has 3 heteroatoms. The first kappa shape index (κ1) is 19.5. The van der Waals surface area contributed by atoms with Crippen LogP contribution in [0.3, 0.4) is 0 Å². The van der Waals surface area contributed by atoms with E-state index in [9.17, 15) is 0 Å². The molecule has 0 N–H and O–H groups in total. The van der Waals surface area contributed by atoms with Gasteiger partial charge in [-0.25, -0.2) is 0 Å². The van der Waals surface area contributed by atoms with Crippen LogP contribution < -0.4 is 4.74 Å². The normalized spacial score (nSPS) is 12.7. The van der Waals surface area contributed by atoms with Gasteiger partial charge in [0.2, 0.25) is 0 Å². The lowest BCUT2D eigenvalue weighted by Gasteiger charge is -2.19. The molecule has 2 aromatic heterocycles. The molecule has 0 bridgehead atoms. The second-order valence-corrected chi connectivity index (χ2v) is 10.3. The molecule has 0 aliphatic rings. The number of benzene rings is 5. The van der Waals surface area contributed by atoms with E-state index in [4.69, 9.17) is 13.6 Å². The van der Waals surface area contributed by atoms with Crippen LogP contribution >= 0.6 is 0 Å². The smallest absolute Gasteiger partial charge is 0.136 e. The van der Waals surface area contributed by atoms with Gasteiger partial charge in [0.25, 0.3) is 0 Å². The molecule has 0 aliphatic heterocycles. The molecule has 2 heterocycles. The lowest BCUT2D eigenvalue weighted by Crippen LogP contribution is -2.10. The Morgan fingerprint density at radius 1 is 0.529 bits per heavy atom. The van der Waals surface area contributed by atoms with Crippen molar-refractivity contribution in [3.8, 4) is 5.75 Å². The maximum absolute atomic E-state index is 6.35. The molecular formula is C31H24O3. The topological polar surface area (TPSA) is 35.5 Å². The average Bonchev–Trinajstić information content (AvgIpc) is 3.34. The summed E-state index contributed by atoms with van der Waals surface area (Å²) in [6, 6.07) is 25.7. The molecule has 34 heavy (non-hydrogen) atoms. The van der Waals surface area contributed by atoms with Crippen molar-refractivity contribution in [3.05, 3.63) is 78.4 Å². The Bertz CT molecular complexity index is 1930. The molecule has 0 saturated carbocycles. The van der Waals surface area contributed by atoms with Crippen molar-refractivity contribution in [2.45, 2.75) is 26.2 Å². The van der Waals surface area contributed by atoms with Crippen LogP contribution in [0.2, 0.25) is 0 Å². The van der Waals surface area contributed by atoms with Crippen molar-refractivity contribution >= 4 is 65.4 Å². The van der Waals surface area contributed by atoms with E-state index in [2.05, 4.69) is 87.5 Å². The first-order valence-corrected chi connectivity index (χ1v) is 11.6. The van der Waals surface area contributed by atoms with E-state index in [-0.39, 0.29) is 5.41 Å². The molecule has 5 aromatic carbocycles. The van der Waals surface area contributed by atoms with Crippen molar-refractivity contribution < 1.29 is 13.6 Å². The summed E-state index contributed by atoms with van der Waals surface area (Å²) in [6.07, 6.45) is 0. The first-order valence-electron chi connectivity index (χ1n) is 11.6. The summed E-state index contributed by atoms with van der Waals surface area (Å²) in [5, 5.41) is 9.01. The van der Waals surface area contributed by atoms with Crippen LogP contribution in [0.1, 0.15) is 26.3 Å². The summed E-state index contributed by atoms with van der Waals surface area (Å²) in [5.41, 5.74) is 4.96. The lowest BCUT2D eigenvalue weighted by molar-refractivity contribution is 0.415. The van der Waals surface area contributed by atoms with Gasteiger partial charge in [0, 0.05) is 21.5 Å². The zero-order chi connectivity index (χ0) is 23.2. The molecule has 166 valence electrons. The summed E-state index contributed by atoms with van der Waals surface area (Å²) in [7, 11) is 1.69. The van der Waals surface area contributed by atoms with E-state index in [1.807, 2.05) is 6.07 Å². The Hall–Kier alpha value is -3.98. The van der Waals surface area contributed by atoms with Crippen LogP contribution in [-0.2, 0) is 5.41 Å². The van der Waals surface area contributed by atoms with Crippen molar-refractivity contribution in [2.75, 3.05) is 7.11 Å². The Morgan fingerprint density at radius 2 is 1.03 bits per heavy atom. The number of ether oxygens (including phenoxy) is 1. The average molecular weight is 445 g/mol. The van der Waals surface area contributed by atoms with Gasteiger partial charge in [0.05, 0.1) is 7.11 Å². The van der Waals surface area contributed by atoms with E-state index >= 15 is 0 Å². The second kappa shape index (κ2) is 6.54. The van der Waals surface area contributed by atoms with Gasteiger partial charge in [0.15, 0.2) is 0 Å². The Morgan fingerprint density at radius 3 is 1.59 bits per heavy atom. The van der Waals surface area contributed by atoms with Gasteiger partial charge in [-0.3, -0.25) is 0 Å². The van der Waals surface area contributed by atoms with Crippen LogP contribution in [0, 0.1) is 0 Å². The minimum Gasteiger partial charge on any atom is -0.497 e. The maximum atomic E-state index is 6.35. The molecule has 0 atom stereocenters. The van der Waals surface area contributed by atoms with Crippen LogP contribution in [-0.4, -0.2) is 7.11 Å². The zero-order valence-electron chi connectivity index (χ0n) is 19.7. The zero-order valence-corrected chi connectivity index (χ0v) is 19.7. The fourth-order valence-corrected chi connectivity index (χ4v) is 5.10. The van der Waals surface area contributed by atoms with Gasteiger partial charge >= 0.3 is 0 Å². The van der Waals surface area contributed by atoms with Gasteiger partial charge < -0.3 is 13.6 Å². The molecule has 3 nitrogen and oxygen atoms in total. The molecule has 0 fully saturated rings. The number of hydrogen-bond acceptors (Lipinski definition) is 3. The summed E-state index contributed by atoms with van der Waals surface area (Å²) < 4.78 is 18.1. The summed E-state index contributed by atoms with van der Waals surface area (Å²) >= 11 is 0.